The van der Waals surface area contributed by atoms with Gasteiger partial charge in [0.25, 0.3) is 17.4 Å². The van der Waals surface area contributed by atoms with E-state index in [-0.39, 0.29) is 5.82 Å². The van der Waals surface area contributed by atoms with Crippen LogP contribution in [0.2, 0.25) is 5.02 Å². The number of amides is 2. The largest absolute Gasteiger partial charge is 0.466 e. The molecule has 2 aromatic rings. The molecule has 1 atom stereocenters. The maximum absolute atomic E-state index is 14.0. The number of hydrogen-bond acceptors (Lipinski definition) is 4. The second kappa shape index (κ2) is 6.98. The molecule has 0 saturated carbocycles. The summed E-state index contributed by atoms with van der Waals surface area (Å²) >= 11 is 5.94. The van der Waals surface area contributed by atoms with Gasteiger partial charge in [0.1, 0.15) is 11.6 Å². The Morgan fingerprint density at radius 1 is 1.18 bits per heavy atom. The molecule has 2 amide bonds. The van der Waals surface area contributed by atoms with E-state index in [1.807, 2.05) is 4.90 Å². The third-order valence-corrected chi connectivity index (χ3v) is 5.34. The fourth-order valence-corrected chi connectivity index (χ4v) is 3.67. The first kappa shape index (κ1) is 18.6. The normalized spacial score (nSPS) is 21.6. The van der Waals surface area contributed by atoms with Crippen molar-refractivity contribution in [1.29, 1.82) is 0 Å². The first-order chi connectivity index (χ1) is 13.4. The lowest BCUT2D eigenvalue weighted by Gasteiger charge is -2.41. The monoisotopic (exact) mass is 403 g/mol. The van der Waals surface area contributed by atoms with Crippen LogP contribution in [0.15, 0.2) is 42.5 Å². The maximum Gasteiger partial charge on any atom is 0.278 e. The molecule has 2 aromatic carbocycles. The molecule has 0 spiro atoms. The van der Waals surface area contributed by atoms with E-state index in [4.69, 9.17) is 16.3 Å². The first-order valence-electron chi connectivity index (χ1n) is 8.97. The van der Waals surface area contributed by atoms with E-state index in [0.29, 0.717) is 48.3 Å². The predicted octanol–water partition coefficient (Wildman–Crippen LogP) is 2.92. The lowest BCUT2D eigenvalue weighted by molar-refractivity contribution is -0.154. The number of halogens is 2. The Hall–Kier alpha value is -2.80. The number of nitrogens with one attached hydrogen (secondary N) is 1. The van der Waals surface area contributed by atoms with E-state index < -0.39 is 17.4 Å². The average molecular weight is 404 g/mol. The van der Waals surface area contributed by atoms with E-state index >= 15 is 0 Å². The van der Waals surface area contributed by atoms with Gasteiger partial charge >= 0.3 is 0 Å². The van der Waals surface area contributed by atoms with Crippen molar-refractivity contribution in [2.24, 2.45) is 0 Å². The minimum Gasteiger partial charge on any atom is -0.466 e. The van der Waals surface area contributed by atoms with Gasteiger partial charge in [-0.2, -0.15) is 0 Å². The number of benzene rings is 2. The Labute approximate surface area is 166 Å². The second-order valence-corrected chi connectivity index (χ2v) is 7.40. The van der Waals surface area contributed by atoms with E-state index in [1.54, 1.807) is 41.3 Å². The Balaban J connectivity index is 1.48. The van der Waals surface area contributed by atoms with Gasteiger partial charge in [0.2, 0.25) is 0 Å². The SMILES string of the molecule is CC1(C(=O)N2CCN(c3ccccc3F)CC2)Oc2ccc(Cl)cc2NC1=O. The van der Waals surface area contributed by atoms with Crippen molar-refractivity contribution in [3.63, 3.8) is 0 Å². The Bertz CT molecular complexity index is 946. The molecule has 28 heavy (non-hydrogen) atoms. The van der Waals surface area contributed by atoms with Gasteiger partial charge in [-0.25, -0.2) is 4.39 Å². The zero-order valence-corrected chi connectivity index (χ0v) is 16.0. The van der Waals surface area contributed by atoms with Crippen molar-refractivity contribution in [2.75, 3.05) is 36.4 Å². The third kappa shape index (κ3) is 3.16. The zero-order valence-electron chi connectivity index (χ0n) is 15.2. The van der Waals surface area contributed by atoms with Crippen LogP contribution >= 0.6 is 11.6 Å². The number of nitrogens with zero attached hydrogens (tertiary/aromatic N) is 2. The van der Waals surface area contributed by atoms with Gasteiger partial charge in [0.15, 0.2) is 0 Å². The summed E-state index contributed by atoms with van der Waals surface area (Å²) in [6, 6.07) is 11.4. The van der Waals surface area contributed by atoms with Crippen LogP contribution in [0.4, 0.5) is 15.8 Å². The lowest BCUT2D eigenvalue weighted by Crippen LogP contribution is -2.62. The van der Waals surface area contributed by atoms with Crippen LogP contribution < -0.4 is 15.0 Å². The van der Waals surface area contributed by atoms with E-state index in [1.165, 1.54) is 13.0 Å². The van der Waals surface area contributed by atoms with E-state index in [0.717, 1.165) is 0 Å². The molecule has 0 aromatic heterocycles. The first-order valence-corrected chi connectivity index (χ1v) is 9.35. The summed E-state index contributed by atoms with van der Waals surface area (Å²) in [6.07, 6.45) is 0. The van der Waals surface area contributed by atoms with Crippen molar-refractivity contribution >= 4 is 34.8 Å². The zero-order chi connectivity index (χ0) is 19.9. The number of carbonyl (C=O) groups is 2. The van der Waals surface area contributed by atoms with Gasteiger partial charge < -0.3 is 19.9 Å². The number of carbonyl (C=O) groups excluding carboxylic acids is 2. The number of ether oxygens (including phenoxy) is 1. The molecule has 1 unspecified atom stereocenters. The van der Waals surface area contributed by atoms with Crippen LogP contribution in [-0.4, -0.2) is 48.5 Å². The average Bonchev–Trinajstić information content (AvgIpc) is 2.69. The van der Waals surface area contributed by atoms with Gasteiger partial charge in [-0.05, 0) is 37.3 Å². The molecule has 2 heterocycles. The molecule has 0 aliphatic carbocycles. The molecule has 8 heteroatoms. The summed E-state index contributed by atoms with van der Waals surface area (Å²) in [4.78, 5) is 29.2. The van der Waals surface area contributed by atoms with Gasteiger partial charge in [-0.1, -0.05) is 23.7 Å². The van der Waals surface area contributed by atoms with Crippen LogP contribution in [0.1, 0.15) is 6.92 Å². The van der Waals surface area contributed by atoms with Gasteiger partial charge in [0.05, 0.1) is 11.4 Å². The number of rotatable bonds is 2. The molecule has 0 radical (unpaired) electrons. The van der Waals surface area contributed by atoms with Crippen molar-refractivity contribution in [1.82, 2.24) is 4.90 Å². The number of para-hydroxylation sites is 1. The number of piperazine rings is 1. The van der Waals surface area contributed by atoms with Crippen molar-refractivity contribution in [3.05, 3.63) is 53.3 Å². The Kier molecular flexibility index (Phi) is 4.63. The van der Waals surface area contributed by atoms with Crippen LogP contribution in [-0.2, 0) is 9.59 Å². The number of fused-ring (bicyclic) bond motifs is 1. The van der Waals surface area contributed by atoms with Crippen molar-refractivity contribution in [3.8, 4) is 5.75 Å². The number of hydrogen-bond donors (Lipinski definition) is 1. The maximum atomic E-state index is 14.0. The van der Waals surface area contributed by atoms with Crippen molar-refractivity contribution < 1.29 is 18.7 Å². The van der Waals surface area contributed by atoms with Crippen LogP contribution in [0.3, 0.4) is 0 Å². The summed E-state index contributed by atoms with van der Waals surface area (Å²) < 4.78 is 19.8. The summed E-state index contributed by atoms with van der Waals surface area (Å²) in [6.45, 7) is 3.14. The molecule has 1 N–H and O–H groups in total. The number of anilines is 2. The fraction of sp³-hybridized carbons (Fsp3) is 0.300. The molecule has 2 aliphatic heterocycles. The molecule has 146 valence electrons. The molecule has 1 saturated heterocycles. The van der Waals surface area contributed by atoms with Gasteiger partial charge in [0, 0.05) is 31.2 Å². The fourth-order valence-electron chi connectivity index (χ4n) is 3.50. The minimum absolute atomic E-state index is 0.292. The quantitative estimate of drug-likeness (QED) is 0.783. The highest BCUT2D eigenvalue weighted by atomic mass is 35.5. The highest BCUT2D eigenvalue weighted by Crippen LogP contribution is 2.36. The van der Waals surface area contributed by atoms with Gasteiger partial charge in [-0.3, -0.25) is 9.59 Å². The molecule has 0 bridgehead atoms. The Morgan fingerprint density at radius 3 is 2.61 bits per heavy atom. The summed E-state index contributed by atoms with van der Waals surface area (Å²) in [5.74, 6) is -0.855. The standard InChI is InChI=1S/C20H19ClFN3O3/c1-20(18(26)23-15-12-13(21)6-7-17(15)28-20)19(27)25-10-8-24(9-11-25)16-5-3-2-4-14(16)22/h2-7,12H,8-11H2,1H3,(H,23,26). The topological polar surface area (TPSA) is 61.9 Å². The molecule has 1 fully saturated rings. The lowest BCUT2D eigenvalue weighted by atomic mass is 10.00. The highest BCUT2D eigenvalue weighted by molar-refractivity contribution is 6.31. The summed E-state index contributed by atoms with van der Waals surface area (Å²) in [7, 11) is 0. The van der Waals surface area contributed by atoms with Crippen molar-refractivity contribution in [2.45, 2.75) is 12.5 Å². The van der Waals surface area contributed by atoms with E-state index in [9.17, 15) is 14.0 Å². The van der Waals surface area contributed by atoms with Gasteiger partial charge in [-0.15, -0.1) is 0 Å². The van der Waals surface area contributed by atoms with Crippen LogP contribution in [0.5, 0.6) is 5.75 Å². The molecule has 6 nitrogen and oxygen atoms in total. The third-order valence-electron chi connectivity index (χ3n) is 5.11. The molecular weight excluding hydrogens is 385 g/mol. The predicted molar refractivity (Wildman–Crippen MR) is 104 cm³/mol. The minimum atomic E-state index is -1.67. The van der Waals surface area contributed by atoms with E-state index in [2.05, 4.69) is 5.32 Å². The molecule has 2 aliphatic rings. The molecule has 4 rings (SSSR count). The summed E-state index contributed by atoms with van der Waals surface area (Å²) in [5, 5.41) is 3.16. The highest BCUT2D eigenvalue weighted by Gasteiger charge is 2.49. The van der Waals surface area contributed by atoms with Crippen LogP contribution in [0.25, 0.3) is 0 Å². The molecular formula is C20H19ClFN3O3. The smallest absolute Gasteiger partial charge is 0.278 e. The second-order valence-electron chi connectivity index (χ2n) is 6.96. The van der Waals surface area contributed by atoms with Crippen LogP contribution in [0, 0.1) is 5.82 Å². The summed E-state index contributed by atoms with van der Waals surface area (Å²) in [5.41, 5.74) is -0.716. The Morgan fingerprint density at radius 2 is 1.89 bits per heavy atom.